The molecule has 0 spiro atoms. The van der Waals surface area contributed by atoms with E-state index in [0.29, 0.717) is 30.1 Å². The van der Waals surface area contributed by atoms with Gasteiger partial charge in [0.15, 0.2) is 0 Å². The number of halogens is 1. The third kappa shape index (κ3) is 6.13. The number of rotatable bonds is 6. The van der Waals surface area contributed by atoms with Crippen LogP contribution in [0.1, 0.15) is 54.3 Å². The van der Waals surface area contributed by atoms with E-state index in [1.54, 1.807) is 24.3 Å². The molecule has 0 heterocycles. The quantitative estimate of drug-likeness (QED) is 0.734. The van der Waals surface area contributed by atoms with Gasteiger partial charge in [0.2, 0.25) is 0 Å². The van der Waals surface area contributed by atoms with Gasteiger partial charge < -0.3 is 16.4 Å². The fourth-order valence-corrected chi connectivity index (χ4v) is 2.34. The Hall–Kier alpha value is -1.59. The van der Waals surface area contributed by atoms with Gasteiger partial charge in [0, 0.05) is 30.3 Å². The summed E-state index contributed by atoms with van der Waals surface area (Å²) in [4.78, 5) is 24.3. The predicted octanol–water partition coefficient (Wildman–Crippen LogP) is 2.35. The van der Waals surface area contributed by atoms with Crippen molar-refractivity contribution in [2.75, 3.05) is 13.1 Å². The van der Waals surface area contributed by atoms with Gasteiger partial charge in [-0.3, -0.25) is 9.59 Å². The van der Waals surface area contributed by atoms with E-state index in [1.807, 2.05) is 0 Å². The largest absolute Gasteiger partial charge is 0.352 e. The summed E-state index contributed by atoms with van der Waals surface area (Å²) in [5.41, 5.74) is 6.85. The van der Waals surface area contributed by atoms with Crippen LogP contribution < -0.4 is 16.4 Å². The third-order valence-corrected chi connectivity index (χ3v) is 3.95. The Kier molecular flexibility index (Phi) is 7.24. The molecule has 1 aliphatic rings. The molecule has 1 atom stereocenters. The van der Waals surface area contributed by atoms with E-state index in [9.17, 15) is 9.59 Å². The number of hydrogen-bond donors (Lipinski definition) is 3. The summed E-state index contributed by atoms with van der Waals surface area (Å²) in [5.74, 6) is 0.269. The molecule has 4 N–H and O–H groups in total. The van der Waals surface area contributed by atoms with E-state index in [0.717, 1.165) is 12.8 Å². The van der Waals surface area contributed by atoms with E-state index in [1.165, 1.54) is 0 Å². The summed E-state index contributed by atoms with van der Waals surface area (Å²) >= 11 is 0. The van der Waals surface area contributed by atoms with E-state index in [2.05, 4.69) is 31.4 Å². The monoisotopic (exact) mass is 353 g/mol. The minimum absolute atomic E-state index is 0. The molecule has 1 saturated carbocycles. The number of amides is 2. The van der Waals surface area contributed by atoms with Crippen LogP contribution in [-0.2, 0) is 0 Å². The van der Waals surface area contributed by atoms with Gasteiger partial charge in [-0.05, 0) is 48.4 Å². The molecule has 2 rings (SSSR count). The highest BCUT2D eigenvalue weighted by Gasteiger charge is 2.31. The first-order chi connectivity index (χ1) is 10.8. The van der Waals surface area contributed by atoms with Gasteiger partial charge in [-0.1, -0.05) is 20.8 Å². The molecule has 0 saturated heterocycles. The van der Waals surface area contributed by atoms with Gasteiger partial charge in [-0.15, -0.1) is 12.4 Å². The minimum Gasteiger partial charge on any atom is -0.352 e. The van der Waals surface area contributed by atoms with Gasteiger partial charge in [-0.25, -0.2) is 0 Å². The fraction of sp³-hybridized carbons (Fsp3) is 0.556. The fourth-order valence-electron chi connectivity index (χ4n) is 2.34. The van der Waals surface area contributed by atoms with Crippen molar-refractivity contribution >= 4 is 24.2 Å². The number of hydrogen-bond acceptors (Lipinski definition) is 3. The maximum atomic E-state index is 12.2. The number of nitrogens with one attached hydrogen (secondary N) is 2. The molecule has 0 aromatic heterocycles. The van der Waals surface area contributed by atoms with Gasteiger partial charge >= 0.3 is 0 Å². The van der Waals surface area contributed by atoms with Crippen molar-refractivity contribution < 1.29 is 9.59 Å². The lowest BCUT2D eigenvalue weighted by Gasteiger charge is -2.18. The second kappa shape index (κ2) is 8.49. The molecule has 0 aliphatic heterocycles. The maximum Gasteiger partial charge on any atom is 0.251 e. The number of nitrogens with two attached hydrogens (primary N) is 1. The summed E-state index contributed by atoms with van der Waals surface area (Å²) < 4.78 is 0. The normalized spacial score (nSPS) is 15.2. The number of carbonyl (C=O) groups excluding carboxylic acids is 2. The van der Waals surface area contributed by atoms with Gasteiger partial charge in [0.1, 0.15) is 0 Å². The molecule has 2 amide bonds. The standard InChI is InChI=1S/C18H27N3O2.ClH/c1-18(2,3)11-20-16(22)13-6-8-14(9-7-13)17(23)21-15(10-19)12-4-5-12;/h6-9,12,15H,4-5,10-11,19H2,1-3H3,(H,20,22)(H,21,23);1H. The zero-order valence-corrected chi connectivity index (χ0v) is 15.4. The van der Waals surface area contributed by atoms with Gasteiger partial charge in [0.25, 0.3) is 11.8 Å². The van der Waals surface area contributed by atoms with Crippen molar-refractivity contribution in [3.8, 4) is 0 Å². The average molecular weight is 354 g/mol. The SMILES string of the molecule is CC(C)(C)CNC(=O)c1ccc(C(=O)NC(CN)C2CC2)cc1.Cl. The summed E-state index contributed by atoms with van der Waals surface area (Å²) in [7, 11) is 0. The molecule has 24 heavy (non-hydrogen) atoms. The molecule has 1 unspecified atom stereocenters. The molecular weight excluding hydrogens is 326 g/mol. The highest BCUT2D eigenvalue weighted by Crippen LogP contribution is 2.32. The Morgan fingerprint density at radius 3 is 2.04 bits per heavy atom. The zero-order valence-electron chi connectivity index (χ0n) is 14.6. The van der Waals surface area contributed by atoms with Crippen molar-refractivity contribution in [1.29, 1.82) is 0 Å². The number of carbonyl (C=O) groups is 2. The molecule has 1 aromatic carbocycles. The Balaban J connectivity index is 0.00000288. The topological polar surface area (TPSA) is 84.2 Å². The second-order valence-corrected chi connectivity index (χ2v) is 7.47. The lowest BCUT2D eigenvalue weighted by molar-refractivity contribution is 0.0924. The number of benzene rings is 1. The first kappa shape index (κ1) is 20.5. The van der Waals surface area contributed by atoms with Crippen LogP contribution in [0.5, 0.6) is 0 Å². The van der Waals surface area contributed by atoms with Crippen LogP contribution in [-0.4, -0.2) is 30.9 Å². The van der Waals surface area contributed by atoms with Crippen molar-refractivity contribution in [1.82, 2.24) is 10.6 Å². The summed E-state index contributed by atoms with van der Waals surface area (Å²) in [5, 5.41) is 5.87. The van der Waals surface area contributed by atoms with Crippen LogP contribution in [0.2, 0.25) is 0 Å². The lowest BCUT2D eigenvalue weighted by Crippen LogP contribution is -2.41. The molecular formula is C18H28ClN3O2. The molecule has 1 aromatic rings. The highest BCUT2D eigenvalue weighted by atomic mass is 35.5. The smallest absolute Gasteiger partial charge is 0.251 e. The molecule has 6 heteroatoms. The zero-order chi connectivity index (χ0) is 17.0. The van der Waals surface area contributed by atoms with Crippen molar-refractivity contribution in [2.45, 2.75) is 39.7 Å². The summed E-state index contributed by atoms with van der Waals surface area (Å²) in [6.07, 6.45) is 2.27. The van der Waals surface area contributed by atoms with Crippen LogP contribution in [0.15, 0.2) is 24.3 Å². The van der Waals surface area contributed by atoms with Crippen LogP contribution in [0.25, 0.3) is 0 Å². The summed E-state index contributed by atoms with van der Waals surface area (Å²) in [6, 6.07) is 6.78. The minimum atomic E-state index is -0.131. The van der Waals surface area contributed by atoms with E-state index < -0.39 is 0 Å². The average Bonchev–Trinajstić information content (AvgIpc) is 3.34. The first-order valence-corrected chi connectivity index (χ1v) is 8.19. The Morgan fingerprint density at radius 2 is 1.62 bits per heavy atom. The van der Waals surface area contributed by atoms with E-state index in [-0.39, 0.29) is 35.7 Å². The Bertz CT molecular complexity index is 563. The Labute approximate surface area is 150 Å². The molecule has 134 valence electrons. The maximum absolute atomic E-state index is 12.2. The molecule has 0 bridgehead atoms. The summed E-state index contributed by atoms with van der Waals surface area (Å²) in [6.45, 7) is 7.26. The highest BCUT2D eigenvalue weighted by molar-refractivity contribution is 5.97. The second-order valence-electron chi connectivity index (χ2n) is 7.47. The van der Waals surface area contributed by atoms with Crippen molar-refractivity contribution in [3.63, 3.8) is 0 Å². The molecule has 1 fully saturated rings. The van der Waals surface area contributed by atoms with Gasteiger partial charge in [-0.2, -0.15) is 0 Å². The Morgan fingerprint density at radius 1 is 1.12 bits per heavy atom. The van der Waals surface area contributed by atoms with Crippen molar-refractivity contribution in [3.05, 3.63) is 35.4 Å². The van der Waals surface area contributed by atoms with Crippen molar-refractivity contribution in [2.24, 2.45) is 17.1 Å². The molecule has 5 nitrogen and oxygen atoms in total. The third-order valence-electron chi connectivity index (χ3n) is 3.95. The first-order valence-electron chi connectivity index (χ1n) is 8.19. The van der Waals surface area contributed by atoms with Gasteiger partial charge in [0.05, 0.1) is 0 Å². The van der Waals surface area contributed by atoms with Crippen LogP contribution >= 0.6 is 12.4 Å². The van der Waals surface area contributed by atoms with Crippen LogP contribution in [0.4, 0.5) is 0 Å². The van der Waals surface area contributed by atoms with E-state index in [4.69, 9.17) is 5.73 Å². The predicted molar refractivity (Wildman–Crippen MR) is 98.5 cm³/mol. The lowest BCUT2D eigenvalue weighted by atomic mass is 9.97. The van der Waals surface area contributed by atoms with E-state index >= 15 is 0 Å². The molecule has 1 aliphatic carbocycles. The molecule has 0 radical (unpaired) electrons. The van der Waals surface area contributed by atoms with Crippen LogP contribution in [0.3, 0.4) is 0 Å². The van der Waals surface area contributed by atoms with Crippen LogP contribution in [0, 0.1) is 11.3 Å².